The minimum absolute atomic E-state index is 0.515. The second kappa shape index (κ2) is 5.76. The molecule has 17 heavy (non-hydrogen) atoms. The molecule has 0 aliphatic heterocycles. The summed E-state index contributed by atoms with van der Waals surface area (Å²) in [6.45, 7) is 2.27. The van der Waals surface area contributed by atoms with E-state index in [9.17, 15) is 0 Å². The molecule has 1 atom stereocenters. The highest BCUT2D eigenvalue weighted by Crippen LogP contribution is 2.33. The summed E-state index contributed by atoms with van der Waals surface area (Å²) >= 11 is 3.50. The van der Waals surface area contributed by atoms with Crippen LogP contribution in [-0.2, 0) is 0 Å². The summed E-state index contributed by atoms with van der Waals surface area (Å²) in [5, 5.41) is 3.59. The van der Waals surface area contributed by atoms with Gasteiger partial charge in [0.2, 0.25) is 0 Å². The lowest BCUT2D eigenvalue weighted by atomic mass is 9.99. The van der Waals surface area contributed by atoms with E-state index in [1.807, 2.05) is 12.1 Å². The lowest BCUT2D eigenvalue weighted by Gasteiger charge is -2.23. The van der Waals surface area contributed by atoms with Gasteiger partial charge >= 0.3 is 0 Å². The first kappa shape index (κ1) is 12.7. The van der Waals surface area contributed by atoms with Crippen LogP contribution < -0.4 is 10.1 Å². The van der Waals surface area contributed by atoms with Gasteiger partial charge in [-0.05, 0) is 43.9 Å². The quantitative estimate of drug-likeness (QED) is 0.886. The van der Waals surface area contributed by atoms with Gasteiger partial charge in [0.25, 0.3) is 0 Å². The number of anilines is 1. The second-order valence-corrected chi connectivity index (χ2v) is 5.74. The lowest BCUT2D eigenvalue weighted by Crippen LogP contribution is -2.24. The maximum absolute atomic E-state index is 5.38. The van der Waals surface area contributed by atoms with Crippen molar-refractivity contribution in [1.29, 1.82) is 0 Å². The minimum Gasteiger partial charge on any atom is -0.495 e. The monoisotopic (exact) mass is 297 g/mol. The number of hydrogen-bond acceptors (Lipinski definition) is 2. The van der Waals surface area contributed by atoms with E-state index < -0.39 is 0 Å². The van der Waals surface area contributed by atoms with E-state index in [0.29, 0.717) is 6.04 Å². The van der Waals surface area contributed by atoms with Crippen molar-refractivity contribution in [3.63, 3.8) is 0 Å². The molecule has 1 aromatic rings. The lowest BCUT2D eigenvalue weighted by molar-refractivity contribution is 0.413. The van der Waals surface area contributed by atoms with Gasteiger partial charge in [0.15, 0.2) is 0 Å². The van der Waals surface area contributed by atoms with Crippen LogP contribution >= 0.6 is 15.9 Å². The summed E-state index contributed by atoms with van der Waals surface area (Å²) in [6.07, 6.45) is 5.47. The first-order chi connectivity index (χ1) is 8.20. The summed E-state index contributed by atoms with van der Waals surface area (Å²) in [6, 6.07) is 6.60. The van der Waals surface area contributed by atoms with Crippen LogP contribution in [0.4, 0.5) is 5.69 Å². The summed E-state index contributed by atoms with van der Waals surface area (Å²) in [4.78, 5) is 0. The third-order valence-corrected chi connectivity index (χ3v) is 4.14. The highest BCUT2D eigenvalue weighted by atomic mass is 79.9. The molecular weight excluding hydrogens is 278 g/mol. The molecule has 2 nitrogen and oxygen atoms in total. The third kappa shape index (κ3) is 3.15. The van der Waals surface area contributed by atoms with Crippen molar-refractivity contribution in [2.24, 2.45) is 5.92 Å². The average molecular weight is 298 g/mol. The van der Waals surface area contributed by atoms with Crippen LogP contribution in [0.25, 0.3) is 0 Å². The summed E-state index contributed by atoms with van der Waals surface area (Å²) in [7, 11) is 1.72. The Bertz CT molecular complexity index is 374. The SMILES string of the molecule is COc1ccc(Br)cc1NC(C)C1CCCC1. The molecule has 0 radical (unpaired) electrons. The van der Waals surface area contributed by atoms with E-state index >= 15 is 0 Å². The molecular formula is C14H20BrNO. The van der Waals surface area contributed by atoms with Gasteiger partial charge in [0, 0.05) is 10.5 Å². The van der Waals surface area contributed by atoms with Gasteiger partial charge in [-0.15, -0.1) is 0 Å². The van der Waals surface area contributed by atoms with Crippen molar-refractivity contribution in [2.45, 2.75) is 38.6 Å². The maximum Gasteiger partial charge on any atom is 0.142 e. The molecule has 1 saturated carbocycles. The van der Waals surface area contributed by atoms with E-state index in [1.54, 1.807) is 7.11 Å². The van der Waals surface area contributed by atoms with Crippen molar-refractivity contribution in [3.05, 3.63) is 22.7 Å². The molecule has 1 N–H and O–H groups in total. The Balaban J connectivity index is 2.08. The van der Waals surface area contributed by atoms with Gasteiger partial charge < -0.3 is 10.1 Å². The molecule has 2 rings (SSSR count). The van der Waals surface area contributed by atoms with E-state index in [0.717, 1.165) is 21.8 Å². The molecule has 94 valence electrons. The van der Waals surface area contributed by atoms with Crippen LogP contribution in [0.15, 0.2) is 22.7 Å². The molecule has 1 aliphatic carbocycles. The van der Waals surface area contributed by atoms with Gasteiger partial charge in [-0.1, -0.05) is 28.8 Å². The predicted octanol–water partition coefficient (Wildman–Crippen LogP) is 4.45. The molecule has 1 unspecified atom stereocenters. The number of rotatable bonds is 4. The summed E-state index contributed by atoms with van der Waals surface area (Å²) in [5.74, 6) is 1.72. The van der Waals surface area contributed by atoms with Crippen LogP contribution in [0.2, 0.25) is 0 Å². The van der Waals surface area contributed by atoms with Crippen molar-refractivity contribution < 1.29 is 4.74 Å². The molecule has 0 saturated heterocycles. The summed E-state index contributed by atoms with van der Waals surface area (Å²) < 4.78 is 6.46. The predicted molar refractivity (Wildman–Crippen MR) is 75.7 cm³/mol. The van der Waals surface area contributed by atoms with E-state index in [1.165, 1.54) is 25.7 Å². The third-order valence-electron chi connectivity index (χ3n) is 3.65. The molecule has 0 heterocycles. The standard InChI is InChI=1S/C14H20BrNO/c1-10(11-5-3-4-6-11)16-13-9-12(15)7-8-14(13)17-2/h7-11,16H,3-6H2,1-2H3. The fourth-order valence-electron chi connectivity index (χ4n) is 2.61. The van der Waals surface area contributed by atoms with E-state index in [2.05, 4.69) is 34.2 Å². The van der Waals surface area contributed by atoms with Crippen molar-refractivity contribution in [2.75, 3.05) is 12.4 Å². The zero-order chi connectivity index (χ0) is 12.3. The normalized spacial score (nSPS) is 18.1. The molecule has 1 aliphatic rings. The number of methoxy groups -OCH3 is 1. The molecule has 0 bridgehead atoms. The fraction of sp³-hybridized carbons (Fsp3) is 0.571. The molecule has 0 spiro atoms. The van der Waals surface area contributed by atoms with Gasteiger partial charge in [-0.2, -0.15) is 0 Å². The first-order valence-corrected chi connectivity index (χ1v) is 7.10. The average Bonchev–Trinajstić information content (AvgIpc) is 2.83. The Hall–Kier alpha value is -0.700. The topological polar surface area (TPSA) is 21.3 Å². The van der Waals surface area contributed by atoms with E-state index in [-0.39, 0.29) is 0 Å². The van der Waals surface area contributed by atoms with Gasteiger partial charge in [0.05, 0.1) is 12.8 Å². The summed E-state index contributed by atoms with van der Waals surface area (Å²) in [5.41, 5.74) is 1.08. The van der Waals surface area contributed by atoms with Crippen molar-refractivity contribution >= 4 is 21.6 Å². The number of nitrogens with one attached hydrogen (secondary N) is 1. The second-order valence-electron chi connectivity index (χ2n) is 4.82. The molecule has 0 amide bonds. The fourth-order valence-corrected chi connectivity index (χ4v) is 2.97. The van der Waals surface area contributed by atoms with Gasteiger partial charge in [-0.3, -0.25) is 0 Å². The Morgan fingerprint density at radius 2 is 2.06 bits per heavy atom. The maximum atomic E-state index is 5.38. The van der Waals surface area contributed by atoms with E-state index in [4.69, 9.17) is 4.74 Å². The Morgan fingerprint density at radius 3 is 2.71 bits per heavy atom. The minimum atomic E-state index is 0.515. The van der Waals surface area contributed by atoms with Crippen LogP contribution in [0, 0.1) is 5.92 Å². The molecule has 1 fully saturated rings. The van der Waals surface area contributed by atoms with Gasteiger partial charge in [-0.25, -0.2) is 0 Å². The largest absolute Gasteiger partial charge is 0.495 e. The van der Waals surface area contributed by atoms with Crippen LogP contribution in [0.5, 0.6) is 5.75 Å². The van der Waals surface area contributed by atoms with Crippen LogP contribution in [0.3, 0.4) is 0 Å². The Labute approximate surface area is 112 Å². The Morgan fingerprint density at radius 1 is 1.35 bits per heavy atom. The zero-order valence-corrected chi connectivity index (χ0v) is 12.1. The van der Waals surface area contributed by atoms with Crippen LogP contribution in [-0.4, -0.2) is 13.2 Å². The van der Waals surface area contributed by atoms with Crippen molar-refractivity contribution in [1.82, 2.24) is 0 Å². The highest BCUT2D eigenvalue weighted by Gasteiger charge is 2.22. The first-order valence-electron chi connectivity index (χ1n) is 6.31. The van der Waals surface area contributed by atoms with Crippen molar-refractivity contribution in [3.8, 4) is 5.75 Å². The number of hydrogen-bond donors (Lipinski definition) is 1. The van der Waals surface area contributed by atoms with Crippen LogP contribution in [0.1, 0.15) is 32.6 Å². The molecule has 0 aromatic heterocycles. The molecule has 1 aromatic carbocycles. The number of benzene rings is 1. The van der Waals surface area contributed by atoms with Gasteiger partial charge in [0.1, 0.15) is 5.75 Å². The number of ether oxygens (including phenoxy) is 1. The molecule has 3 heteroatoms. The number of halogens is 1. The Kier molecular flexibility index (Phi) is 4.32. The zero-order valence-electron chi connectivity index (χ0n) is 10.5. The smallest absolute Gasteiger partial charge is 0.142 e. The highest BCUT2D eigenvalue weighted by molar-refractivity contribution is 9.10.